The maximum absolute atomic E-state index is 11.1. The normalized spacial score (nSPS) is 22.9. The van der Waals surface area contributed by atoms with Crippen molar-refractivity contribution < 1.29 is 14.6 Å². The lowest BCUT2D eigenvalue weighted by molar-refractivity contribution is -0.0146. The molecule has 5 nitrogen and oxygen atoms in total. The van der Waals surface area contributed by atoms with Crippen LogP contribution in [0, 0.1) is 0 Å². The van der Waals surface area contributed by atoms with Crippen molar-refractivity contribution in [1.82, 2.24) is 4.90 Å². The molecule has 5 heteroatoms. The van der Waals surface area contributed by atoms with Crippen molar-refractivity contribution in [3.05, 3.63) is 29.3 Å². The van der Waals surface area contributed by atoms with Gasteiger partial charge in [0.25, 0.3) is 0 Å². The minimum Gasteiger partial charge on any atom is -0.478 e. The number of fused-ring (bicyclic) bond motifs is 1. The first-order valence-electron chi connectivity index (χ1n) is 7.05. The van der Waals surface area contributed by atoms with Gasteiger partial charge in [-0.3, -0.25) is 0 Å². The standard InChI is InChI=1S/C15H20N2O3/c1-16-6-7-20-13(9-16)10-17-5-4-11-2-3-12(15(18)19)8-14(11)17/h2-3,8,13H,4-7,9-10H2,1H3,(H,18,19). The summed E-state index contributed by atoms with van der Waals surface area (Å²) < 4.78 is 5.80. The Morgan fingerprint density at radius 2 is 2.30 bits per heavy atom. The van der Waals surface area contributed by atoms with Gasteiger partial charge in [-0.15, -0.1) is 0 Å². The van der Waals surface area contributed by atoms with E-state index >= 15 is 0 Å². The lowest BCUT2D eigenvalue weighted by atomic mass is 10.1. The van der Waals surface area contributed by atoms with Gasteiger partial charge in [-0.2, -0.15) is 0 Å². The van der Waals surface area contributed by atoms with E-state index in [1.165, 1.54) is 5.56 Å². The van der Waals surface area contributed by atoms with Crippen molar-refractivity contribution in [3.63, 3.8) is 0 Å². The molecule has 0 aromatic heterocycles. The lowest BCUT2D eigenvalue weighted by Crippen LogP contribution is -2.45. The first kappa shape index (κ1) is 13.4. The Labute approximate surface area is 118 Å². The van der Waals surface area contributed by atoms with E-state index in [4.69, 9.17) is 9.84 Å². The molecule has 0 spiro atoms. The third-order valence-corrected chi connectivity index (χ3v) is 4.09. The van der Waals surface area contributed by atoms with Gasteiger partial charge in [0.2, 0.25) is 0 Å². The van der Waals surface area contributed by atoms with E-state index in [0.717, 1.165) is 44.9 Å². The van der Waals surface area contributed by atoms with E-state index in [9.17, 15) is 4.79 Å². The SMILES string of the molecule is CN1CCOC(CN2CCc3ccc(C(=O)O)cc32)C1. The largest absolute Gasteiger partial charge is 0.478 e. The first-order chi connectivity index (χ1) is 9.63. The molecule has 0 amide bonds. The molecule has 1 fully saturated rings. The monoisotopic (exact) mass is 276 g/mol. The van der Waals surface area contributed by atoms with E-state index in [2.05, 4.69) is 16.8 Å². The zero-order valence-corrected chi connectivity index (χ0v) is 11.7. The molecule has 108 valence electrons. The van der Waals surface area contributed by atoms with Gasteiger partial charge in [0, 0.05) is 31.9 Å². The minimum absolute atomic E-state index is 0.202. The highest BCUT2D eigenvalue weighted by Gasteiger charge is 2.25. The van der Waals surface area contributed by atoms with Gasteiger partial charge in [0.15, 0.2) is 0 Å². The summed E-state index contributed by atoms with van der Waals surface area (Å²) in [7, 11) is 2.11. The second-order valence-electron chi connectivity index (χ2n) is 5.60. The minimum atomic E-state index is -0.867. The van der Waals surface area contributed by atoms with E-state index in [0.29, 0.717) is 5.56 Å². The average molecular weight is 276 g/mol. The zero-order valence-electron chi connectivity index (χ0n) is 11.7. The molecule has 3 rings (SSSR count). The summed E-state index contributed by atoms with van der Waals surface area (Å²) in [5.41, 5.74) is 2.65. The van der Waals surface area contributed by atoms with Crippen molar-refractivity contribution in [2.45, 2.75) is 12.5 Å². The van der Waals surface area contributed by atoms with Gasteiger partial charge >= 0.3 is 5.97 Å². The molecule has 2 aliphatic heterocycles. The molecule has 1 aromatic carbocycles. The highest BCUT2D eigenvalue weighted by Crippen LogP contribution is 2.29. The van der Waals surface area contributed by atoms with Crippen LogP contribution in [-0.2, 0) is 11.2 Å². The van der Waals surface area contributed by atoms with Crippen LogP contribution < -0.4 is 4.90 Å². The van der Waals surface area contributed by atoms with E-state index in [1.807, 2.05) is 6.07 Å². The first-order valence-corrected chi connectivity index (χ1v) is 7.05. The van der Waals surface area contributed by atoms with E-state index < -0.39 is 5.97 Å². The second-order valence-corrected chi connectivity index (χ2v) is 5.60. The topological polar surface area (TPSA) is 53.0 Å². The molecule has 0 aliphatic carbocycles. The van der Waals surface area contributed by atoms with Gasteiger partial charge in [0.1, 0.15) is 0 Å². The Morgan fingerprint density at radius 1 is 1.45 bits per heavy atom. The maximum Gasteiger partial charge on any atom is 0.335 e. The van der Waals surface area contributed by atoms with Crippen LogP contribution in [0.5, 0.6) is 0 Å². The lowest BCUT2D eigenvalue weighted by Gasteiger charge is -2.33. The Balaban J connectivity index is 1.74. The molecule has 1 atom stereocenters. The van der Waals surface area contributed by atoms with Crippen LogP contribution in [0.15, 0.2) is 18.2 Å². The van der Waals surface area contributed by atoms with Crippen LogP contribution >= 0.6 is 0 Å². The van der Waals surface area contributed by atoms with Crippen LogP contribution in [0.4, 0.5) is 5.69 Å². The van der Waals surface area contributed by atoms with Gasteiger partial charge in [-0.25, -0.2) is 4.79 Å². The number of morpholine rings is 1. The fourth-order valence-corrected chi connectivity index (χ4v) is 2.99. The number of carbonyl (C=O) groups is 1. The van der Waals surface area contributed by atoms with Gasteiger partial charge in [-0.05, 0) is 31.2 Å². The number of carboxylic acids is 1. The van der Waals surface area contributed by atoms with Gasteiger partial charge in [-0.1, -0.05) is 6.07 Å². The molecule has 1 N–H and O–H groups in total. The summed E-state index contributed by atoms with van der Waals surface area (Å²) in [5.74, 6) is -0.867. The molecule has 20 heavy (non-hydrogen) atoms. The fourth-order valence-electron chi connectivity index (χ4n) is 2.99. The molecule has 1 unspecified atom stereocenters. The summed E-state index contributed by atoms with van der Waals surface area (Å²) in [6.07, 6.45) is 1.19. The number of aromatic carboxylic acids is 1. The molecule has 2 aliphatic rings. The van der Waals surface area contributed by atoms with Crippen LogP contribution in [-0.4, -0.2) is 61.9 Å². The van der Waals surface area contributed by atoms with Crippen LogP contribution in [0.2, 0.25) is 0 Å². The van der Waals surface area contributed by atoms with E-state index in [1.54, 1.807) is 12.1 Å². The van der Waals surface area contributed by atoms with Crippen molar-refractivity contribution >= 4 is 11.7 Å². The van der Waals surface area contributed by atoms with E-state index in [-0.39, 0.29) is 6.10 Å². The molecular weight excluding hydrogens is 256 g/mol. The summed E-state index contributed by atoms with van der Waals surface area (Å²) in [4.78, 5) is 15.6. The molecule has 1 aromatic rings. The number of nitrogens with zero attached hydrogens (tertiary/aromatic N) is 2. The summed E-state index contributed by atoms with van der Waals surface area (Å²) >= 11 is 0. The highest BCUT2D eigenvalue weighted by atomic mass is 16.5. The molecule has 0 bridgehead atoms. The third-order valence-electron chi connectivity index (χ3n) is 4.09. The van der Waals surface area contributed by atoms with Crippen molar-refractivity contribution in [2.75, 3.05) is 44.7 Å². The van der Waals surface area contributed by atoms with Crippen molar-refractivity contribution in [2.24, 2.45) is 0 Å². The van der Waals surface area contributed by atoms with Crippen molar-refractivity contribution in [3.8, 4) is 0 Å². The van der Waals surface area contributed by atoms with Gasteiger partial charge in [0.05, 0.1) is 18.3 Å². The molecular formula is C15H20N2O3. The fraction of sp³-hybridized carbons (Fsp3) is 0.533. The second kappa shape index (κ2) is 5.42. The summed E-state index contributed by atoms with van der Waals surface area (Å²) in [5, 5.41) is 9.11. The molecule has 2 heterocycles. The van der Waals surface area contributed by atoms with Crippen LogP contribution in [0.1, 0.15) is 15.9 Å². The maximum atomic E-state index is 11.1. The third kappa shape index (κ3) is 2.64. The smallest absolute Gasteiger partial charge is 0.335 e. The van der Waals surface area contributed by atoms with Crippen molar-refractivity contribution in [1.29, 1.82) is 0 Å². The summed E-state index contributed by atoms with van der Waals surface area (Å²) in [6.45, 7) is 4.47. The Bertz CT molecular complexity index is 518. The molecule has 0 saturated carbocycles. The molecule has 1 saturated heterocycles. The number of rotatable bonds is 3. The predicted molar refractivity (Wildman–Crippen MR) is 76.6 cm³/mol. The van der Waals surface area contributed by atoms with Gasteiger partial charge < -0.3 is 19.6 Å². The number of anilines is 1. The van der Waals surface area contributed by atoms with Crippen LogP contribution in [0.3, 0.4) is 0 Å². The number of carboxylic acid groups (broad SMARTS) is 1. The zero-order chi connectivity index (χ0) is 14.1. The Morgan fingerprint density at radius 3 is 3.05 bits per heavy atom. The predicted octanol–water partition coefficient (Wildman–Crippen LogP) is 1.08. The highest BCUT2D eigenvalue weighted by molar-refractivity contribution is 5.89. The summed E-state index contributed by atoms with van der Waals surface area (Å²) in [6, 6.07) is 5.42. The Hall–Kier alpha value is -1.59. The Kier molecular flexibility index (Phi) is 3.63. The number of benzene rings is 1. The van der Waals surface area contributed by atoms with Crippen LogP contribution in [0.25, 0.3) is 0 Å². The molecule has 0 radical (unpaired) electrons. The number of hydrogen-bond acceptors (Lipinski definition) is 4. The number of hydrogen-bond donors (Lipinski definition) is 1. The quantitative estimate of drug-likeness (QED) is 0.895. The number of likely N-dealkylation sites (N-methyl/N-ethyl adjacent to an activating group) is 1. The average Bonchev–Trinajstić information content (AvgIpc) is 2.81. The number of ether oxygens (including phenoxy) is 1.